The van der Waals surface area contributed by atoms with E-state index in [4.69, 9.17) is 0 Å². The van der Waals surface area contributed by atoms with Crippen molar-refractivity contribution in [1.82, 2.24) is 9.71 Å². The molecule has 4 nitrogen and oxygen atoms in total. The van der Waals surface area contributed by atoms with Crippen molar-refractivity contribution in [2.45, 2.75) is 43.0 Å². The third-order valence-corrected chi connectivity index (χ3v) is 7.90. The minimum atomic E-state index is -3.69. The monoisotopic (exact) mass is 418 g/mol. The molecule has 5 rings (SSSR count). The molecule has 30 heavy (non-hydrogen) atoms. The zero-order valence-electron chi connectivity index (χ0n) is 16.8. The van der Waals surface area contributed by atoms with Gasteiger partial charge in [-0.3, -0.25) is 0 Å². The van der Waals surface area contributed by atoms with Gasteiger partial charge in [-0.05, 0) is 41.8 Å². The molecule has 1 aliphatic carbocycles. The Bertz CT molecular complexity index is 1280. The summed E-state index contributed by atoms with van der Waals surface area (Å²) in [5.74, 6) is 0.294. The molecule has 0 saturated heterocycles. The average Bonchev–Trinajstić information content (AvgIpc) is 3.22. The first-order valence-electron chi connectivity index (χ1n) is 10.7. The van der Waals surface area contributed by atoms with Crippen molar-refractivity contribution >= 4 is 31.7 Å². The number of aromatic nitrogens is 1. The molecule has 1 heterocycles. The number of para-hydroxylation sites is 1. The Kier molecular flexibility index (Phi) is 5.09. The number of sulfonamides is 1. The highest BCUT2D eigenvalue weighted by Crippen LogP contribution is 2.38. The Morgan fingerprint density at radius 3 is 2.37 bits per heavy atom. The fourth-order valence-corrected chi connectivity index (χ4v) is 6.41. The Morgan fingerprint density at radius 1 is 0.833 bits per heavy atom. The lowest BCUT2D eigenvalue weighted by molar-refractivity contribution is 0.295. The molecule has 1 atom stereocenters. The standard InChI is InChI=1S/C25H26N2O2S/c28-30(29,24-16-8-12-18-9-4-5-13-20(18)24)27-25(19-10-2-1-3-11-19)22-17-26-23-15-7-6-14-21(22)23/h4-9,12-17,19,25-27H,1-3,10-11H2/t25-/m0/s1. The zero-order valence-corrected chi connectivity index (χ0v) is 17.7. The molecule has 3 aromatic carbocycles. The highest BCUT2D eigenvalue weighted by Gasteiger charge is 2.31. The van der Waals surface area contributed by atoms with Crippen LogP contribution in [-0.4, -0.2) is 13.4 Å². The van der Waals surface area contributed by atoms with Crippen LogP contribution in [0.5, 0.6) is 0 Å². The smallest absolute Gasteiger partial charge is 0.241 e. The number of benzene rings is 3. The maximum absolute atomic E-state index is 13.6. The zero-order chi connectivity index (χ0) is 20.6. The predicted molar refractivity (Wildman–Crippen MR) is 122 cm³/mol. The van der Waals surface area contributed by atoms with Crippen LogP contribution in [0.25, 0.3) is 21.7 Å². The van der Waals surface area contributed by atoms with Gasteiger partial charge in [-0.15, -0.1) is 0 Å². The van der Waals surface area contributed by atoms with Crippen LogP contribution in [0.2, 0.25) is 0 Å². The molecule has 154 valence electrons. The van der Waals surface area contributed by atoms with Gasteiger partial charge in [-0.2, -0.15) is 0 Å². The topological polar surface area (TPSA) is 62.0 Å². The van der Waals surface area contributed by atoms with Crippen LogP contribution in [0.1, 0.15) is 43.7 Å². The molecule has 1 saturated carbocycles. The number of fused-ring (bicyclic) bond motifs is 2. The summed E-state index contributed by atoms with van der Waals surface area (Å²) in [7, 11) is -3.69. The van der Waals surface area contributed by atoms with Gasteiger partial charge in [-0.25, -0.2) is 13.1 Å². The number of hydrogen-bond acceptors (Lipinski definition) is 2. The van der Waals surface area contributed by atoms with Gasteiger partial charge in [0.25, 0.3) is 0 Å². The first kappa shape index (κ1) is 19.3. The Balaban J connectivity index is 1.59. The van der Waals surface area contributed by atoms with Gasteiger partial charge in [0.1, 0.15) is 0 Å². The molecule has 1 aliphatic rings. The average molecular weight is 419 g/mol. The summed E-state index contributed by atoms with van der Waals surface area (Å²) in [5.41, 5.74) is 2.08. The van der Waals surface area contributed by atoms with Crippen LogP contribution in [0.15, 0.2) is 77.8 Å². The fourth-order valence-electron chi connectivity index (χ4n) is 4.89. The van der Waals surface area contributed by atoms with Crippen LogP contribution in [0.3, 0.4) is 0 Å². The number of hydrogen-bond donors (Lipinski definition) is 2. The van der Waals surface area contributed by atoms with Crippen molar-refractivity contribution in [3.63, 3.8) is 0 Å². The van der Waals surface area contributed by atoms with E-state index < -0.39 is 10.0 Å². The molecule has 0 unspecified atom stereocenters. The molecule has 0 aliphatic heterocycles. The number of H-pyrrole nitrogens is 1. The van der Waals surface area contributed by atoms with E-state index in [1.807, 2.05) is 60.8 Å². The lowest BCUT2D eigenvalue weighted by Gasteiger charge is -2.31. The van der Waals surface area contributed by atoms with E-state index in [2.05, 4.69) is 15.8 Å². The second-order valence-electron chi connectivity index (χ2n) is 8.26. The third kappa shape index (κ3) is 3.53. The van der Waals surface area contributed by atoms with E-state index in [0.717, 1.165) is 52.9 Å². The third-order valence-electron chi connectivity index (χ3n) is 6.40. The van der Waals surface area contributed by atoms with Crippen molar-refractivity contribution in [1.29, 1.82) is 0 Å². The lowest BCUT2D eigenvalue weighted by Crippen LogP contribution is -2.34. The SMILES string of the molecule is O=S(=O)(N[C@H](c1c[nH]c2ccccc12)C1CCCCC1)c1cccc2ccccc12. The van der Waals surface area contributed by atoms with Crippen LogP contribution in [0.4, 0.5) is 0 Å². The maximum Gasteiger partial charge on any atom is 0.241 e. The predicted octanol–water partition coefficient (Wildman–Crippen LogP) is 5.92. The van der Waals surface area contributed by atoms with Crippen LogP contribution < -0.4 is 4.72 Å². The summed E-state index contributed by atoms with van der Waals surface area (Å²) in [6.07, 6.45) is 7.60. The van der Waals surface area contributed by atoms with Crippen molar-refractivity contribution in [2.75, 3.05) is 0 Å². The molecule has 0 radical (unpaired) electrons. The van der Waals surface area contributed by atoms with Crippen LogP contribution >= 0.6 is 0 Å². The first-order valence-corrected chi connectivity index (χ1v) is 12.2. The quantitative estimate of drug-likeness (QED) is 0.422. The van der Waals surface area contributed by atoms with Crippen molar-refractivity contribution in [3.05, 3.63) is 78.5 Å². The van der Waals surface area contributed by atoms with Crippen molar-refractivity contribution in [3.8, 4) is 0 Å². The maximum atomic E-state index is 13.6. The molecular formula is C25H26N2O2S. The van der Waals surface area contributed by atoms with E-state index in [1.165, 1.54) is 6.42 Å². The summed E-state index contributed by atoms with van der Waals surface area (Å²) in [6, 6.07) is 21.0. The van der Waals surface area contributed by atoms with Gasteiger partial charge in [0.15, 0.2) is 0 Å². The molecule has 0 amide bonds. The van der Waals surface area contributed by atoms with Gasteiger partial charge in [-0.1, -0.05) is 73.9 Å². The Hall–Kier alpha value is -2.63. The summed E-state index contributed by atoms with van der Waals surface area (Å²) in [5, 5.41) is 2.78. The Morgan fingerprint density at radius 2 is 1.53 bits per heavy atom. The molecule has 1 fully saturated rings. The molecular weight excluding hydrogens is 392 g/mol. The van der Waals surface area contributed by atoms with Gasteiger partial charge in [0, 0.05) is 22.5 Å². The van der Waals surface area contributed by atoms with Crippen molar-refractivity contribution < 1.29 is 8.42 Å². The highest BCUT2D eigenvalue weighted by atomic mass is 32.2. The van der Waals surface area contributed by atoms with E-state index in [-0.39, 0.29) is 6.04 Å². The van der Waals surface area contributed by atoms with Gasteiger partial charge in [0.05, 0.1) is 10.9 Å². The largest absolute Gasteiger partial charge is 0.361 e. The molecule has 1 aromatic heterocycles. The molecule has 5 heteroatoms. The first-order chi connectivity index (χ1) is 14.6. The van der Waals surface area contributed by atoms with Gasteiger partial charge in [0.2, 0.25) is 10.0 Å². The number of nitrogens with one attached hydrogen (secondary N) is 2. The molecule has 0 bridgehead atoms. The Labute approximate surface area is 177 Å². The van der Waals surface area contributed by atoms with E-state index in [0.29, 0.717) is 10.8 Å². The van der Waals surface area contributed by atoms with E-state index >= 15 is 0 Å². The molecule has 2 N–H and O–H groups in total. The summed E-state index contributed by atoms with van der Waals surface area (Å²) in [6.45, 7) is 0. The normalized spacial score (nSPS) is 16.8. The number of aromatic amines is 1. The molecule has 4 aromatic rings. The minimum absolute atomic E-state index is 0.245. The summed E-state index contributed by atoms with van der Waals surface area (Å²) in [4.78, 5) is 3.68. The minimum Gasteiger partial charge on any atom is -0.361 e. The van der Waals surface area contributed by atoms with Gasteiger partial charge < -0.3 is 4.98 Å². The fraction of sp³-hybridized carbons (Fsp3) is 0.280. The number of rotatable bonds is 5. The lowest BCUT2D eigenvalue weighted by atomic mass is 9.81. The summed E-state index contributed by atoms with van der Waals surface area (Å²) < 4.78 is 30.3. The highest BCUT2D eigenvalue weighted by molar-refractivity contribution is 7.89. The molecule has 0 spiro atoms. The second-order valence-corrected chi connectivity index (χ2v) is 9.95. The van der Waals surface area contributed by atoms with Crippen molar-refractivity contribution in [2.24, 2.45) is 5.92 Å². The van der Waals surface area contributed by atoms with E-state index in [9.17, 15) is 8.42 Å². The second kappa shape index (κ2) is 7.89. The van der Waals surface area contributed by atoms with Gasteiger partial charge >= 0.3 is 0 Å². The summed E-state index contributed by atoms with van der Waals surface area (Å²) >= 11 is 0. The van der Waals surface area contributed by atoms with E-state index in [1.54, 1.807) is 6.07 Å². The van der Waals surface area contributed by atoms with Crippen LogP contribution in [-0.2, 0) is 10.0 Å². The van der Waals surface area contributed by atoms with Crippen LogP contribution in [0, 0.1) is 5.92 Å².